The number of nitrogens with zero attached hydrogens (tertiary/aromatic N) is 2. The molecule has 0 fully saturated rings. The minimum atomic E-state index is -3.71. The molecule has 8 heteroatoms. The third-order valence-electron chi connectivity index (χ3n) is 2.08. The van der Waals surface area contributed by atoms with Gasteiger partial charge in [0.15, 0.2) is 5.82 Å². The first-order chi connectivity index (χ1) is 8.47. The van der Waals surface area contributed by atoms with Gasteiger partial charge in [-0.3, -0.25) is 9.71 Å². The number of nitrogen functional groups attached to an aromatic ring is 2. The number of anilines is 3. The number of hydrogen-bond donors (Lipinski definition) is 3. The van der Waals surface area contributed by atoms with Gasteiger partial charge in [-0.25, -0.2) is 13.4 Å². The molecular weight excluding hydrogens is 254 g/mol. The van der Waals surface area contributed by atoms with E-state index in [0.717, 1.165) is 0 Å². The van der Waals surface area contributed by atoms with Crippen LogP contribution in [0.15, 0.2) is 41.6 Å². The molecule has 0 atom stereocenters. The topological polar surface area (TPSA) is 124 Å². The molecule has 0 radical (unpaired) electrons. The van der Waals surface area contributed by atoms with Crippen molar-refractivity contribution >= 4 is 27.3 Å². The van der Waals surface area contributed by atoms with E-state index in [4.69, 9.17) is 11.5 Å². The van der Waals surface area contributed by atoms with Gasteiger partial charge in [-0.1, -0.05) is 0 Å². The Morgan fingerprint density at radius 2 is 1.72 bits per heavy atom. The summed E-state index contributed by atoms with van der Waals surface area (Å²) in [7, 11) is -3.71. The summed E-state index contributed by atoms with van der Waals surface area (Å²) in [4.78, 5) is 7.63. The number of hydrogen-bond acceptors (Lipinski definition) is 6. The first-order valence-electron chi connectivity index (χ1n) is 4.93. The van der Waals surface area contributed by atoms with Gasteiger partial charge in [0, 0.05) is 5.69 Å². The summed E-state index contributed by atoms with van der Waals surface area (Å²) < 4.78 is 26.2. The van der Waals surface area contributed by atoms with Crippen LogP contribution < -0.4 is 16.2 Å². The van der Waals surface area contributed by atoms with Crippen LogP contribution in [0.4, 0.5) is 17.3 Å². The fraction of sp³-hybridized carbons (Fsp3) is 0. The maximum atomic E-state index is 12.0. The van der Waals surface area contributed by atoms with Crippen molar-refractivity contribution in [2.75, 3.05) is 16.2 Å². The predicted octanol–water partition coefficient (Wildman–Crippen LogP) is 0.442. The van der Waals surface area contributed by atoms with Crippen LogP contribution in [0.1, 0.15) is 0 Å². The monoisotopic (exact) mass is 265 g/mol. The normalized spacial score (nSPS) is 11.1. The van der Waals surface area contributed by atoms with Gasteiger partial charge in [0.1, 0.15) is 5.82 Å². The maximum absolute atomic E-state index is 12.0. The summed E-state index contributed by atoms with van der Waals surface area (Å²) >= 11 is 0. The fourth-order valence-corrected chi connectivity index (χ4v) is 2.26. The quantitative estimate of drug-likeness (QED) is 0.692. The summed E-state index contributed by atoms with van der Waals surface area (Å²) in [5, 5.41) is 0. The zero-order valence-corrected chi connectivity index (χ0v) is 10.1. The Hall–Kier alpha value is -2.35. The highest BCUT2D eigenvalue weighted by molar-refractivity contribution is 7.92. The second kappa shape index (κ2) is 4.49. The van der Waals surface area contributed by atoms with Gasteiger partial charge in [-0.05, 0) is 24.3 Å². The van der Waals surface area contributed by atoms with Crippen molar-refractivity contribution in [3.8, 4) is 0 Å². The van der Waals surface area contributed by atoms with E-state index in [1.54, 1.807) is 0 Å². The number of nitrogens with one attached hydrogen (secondary N) is 1. The highest BCUT2D eigenvalue weighted by atomic mass is 32.2. The van der Waals surface area contributed by atoms with Gasteiger partial charge in [-0.2, -0.15) is 0 Å². The molecule has 1 aromatic carbocycles. The fourth-order valence-electron chi connectivity index (χ4n) is 1.27. The zero-order chi connectivity index (χ0) is 13.2. The molecule has 0 saturated carbocycles. The van der Waals surface area contributed by atoms with Crippen LogP contribution in [0.2, 0.25) is 0 Å². The summed E-state index contributed by atoms with van der Waals surface area (Å²) in [5.74, 6) is 0.194. The predicted molar refractivity (Wildman–Crippen MR) is 68.1 cm³/mol. The molecule has 0 spiro atoms. The smallest absolute Gasteiger partial charge is 0.263 e. The summed E-state index contributed by atoms with van der Waals surface area (Å²) in [6.45, 7) is 0. The molecule has 2 aromatic rings. The summed E-state index contributed by atoms with van der Waals surface area (Å²) in [5.41, 5.74) is 11.4. The molecule has 1 aromatic heterocycles. The van der Waals surface area contributed by atoms with Crippen molar-refractivity contribution in [1.82, 2.24) is 9.97 Å². The molecule has 18 heavy (non-hydrogen) atoms. The van der Waals surface area contributed by atoms with E-state index in [-0.39, 0.29) is 16.5 Å². The van der Waals surface area contributed by atoms with E-state index in [1.165, 1.54) is 36.7 Å². The number of rotatable bonds is 3. The number of aromatic nitrogens is 2. The molecule has 0 saturated heterocycles. The molecule has 94 valence electrons. The Kier molecular flexibility index (Phi) is 3.02. The van der Waals surface area contributed by atoms with E-state index in [1.807, 2.05) is 0 Å². The zero-order valence-electron chi connectivity index (χ0n) is 9.24. The third kappa shape index (κ3) is 2.66. The minimum Gasteiger partial charge on any atom is -0.399 e. The van der Waals surface area contributed by atoms with Crippen LogP contribution in [0, 0.1) is 0 Å². The Bertz CT molecular complexity index is 654. The molecule has 2 rings (SSSR count). The van der Waals surface area contributed by atoms with Crippen molar-refractivity contribution < 1.29 is 8.42 Å². The summed E-state index contributed by atoms with van der Waals surface area (Å²) in [6.07, 6.45) is 2.59. The lowest BCUT2D eigenvalue weighted by Gasteiger charge is -2.07. The Labute approximate surface area is 104 Å². The third-order valence-corrected chi connectivity index (χ3v) is 3.45. The van der Waals surface area contributed by atoms with Crippen molar-refractivity contribution in [2.45, 2.75) is 4.90 Å². The lowest BCUT2D eigenvalue weighted by Crippen LogP contribution is -2.14. The average molecular weight is 265 g/mol. The first-order valence-corrected chi connectivity index (χ1v) is 6.41. The van der Waals surface area contributed by atoms with E-state index >= 15 is 0 Å². The largest absolute Gasteiger partial charge is 0.399 e. The SMILES string of the molecule is Nc1ccc(S(=O)(=O)Nc2cncc(N)n2)cc1. The van der Waals surface area contributed by atoms with Gasteiger partial charge in [0.2, 0.25) is 0 Å². The second-order valence-electron chi connectivity index (χ2n) is 3.50. The van der Waals surface area contributed by atoms with E-state index < -0.39 is 10.0 Å². The number of sulfonamides is 1. The van der Waals surface area contributed by atoms with E-state index in [0.29, 0.717) is 5.69 Å². The molecule has 0 bridgehead atoms. The molecule has 0 aliphatic rings. The number of benzene rings is 1. The van der Waals surface area contributed by atoms with Crippen LogP contribution in [0.3, 0.4) is 0 Å². The Morgan fingerprint density at radius 1 is 1.06 bits per heavy atom. The van der Waals surface area contributed by atoms with Crippen LogP contribution >= 0.6 is 0 Å². The lowest BCUT2D eigenvalue weighted by atomic mass is 10.3. The first kappa shape index (κ1) is 12.1. The highest BCUT2D eigenvalue weighted by Gasteiger charge is 2.14. The molecule has 7 nitrogen and oxygen atoms in total. The van der Waals surface area contributed by atoms with Crippen molar-refractivity contribution in [3.63, 3.8) is 0 Å². The highest BCUT2D eigenvalue weighted by Crippen LogP contribution is 2.15. The van der Waals surface area contributed by atoms with Crippen molar-refractivity contribution in [1.29, 1.82) is 0 Å². The molecular formula is C10H11N5O2S. The molecule has 1 heterocycles. The van der Waals surface area contributed by atoms with Gasteiger partial charge in [0.05, 0.1) is 17.3 Å². The van der Waals surface area contributed by atoms with Crippen LogP contribution in [-0.4, -0.2) is 18.4 Å². The van der Waals surface area contributed by atoms with Gasteiger partial charge < -0.3 is 11.5 Å². The Balaban J connectivity index is 2.30. The number of nitrogens with two attached hydrogens (primary N) is 2. The van der Waals surface area contributed by atoms with Crippen molar-refractivity contribution in [2.24, 2.45) is 0 Å². The van der Waals surface area contributed by atoms with Crippen LogP contribution in [0.5, 0.6) is 0 Å². The van der Waals surface area contributed by atoms with Gasteiger partial charge >= 0.3 is 0 Å². The van der Waals surface area contributed by atoms with Crippen LogP contribution in [-0.2, 0) is 10.0 Å². The lowest BCUT2D eigenvalue weighted by molar-refractivity contribution is 0.601. The molecule has 0 aliphatic carbocycles. The van der Waals surface area contributed by atoms with Crippen molar-refractivity contribution in [3.05, 3.63) is 36.7 Å². The van der Waals surface area contributed by atoms with Gasteiger partial charge in [0.25, 0.3) is 10.0 Å². The van der Waals surface area contributed by atoms with Gasteiger partial charge in [-0.15, -0.1) is 0 Å². The molecule has 0 aliphatic heterocycles. The second-order valence-corrected chi connectivity index (χ2v) is 5.19. The standard InChI is InChI=1S/C10H11N5O2S/c11-7-1-3-8(4-2-7)18(16,17)15-10-6-13-5-9(12)14-10/h1-6H,11H2,(H3,12,14,15). The molecule has 0 unspecified atom stereocenters. The van der Waals surface area contributed by atoms with Crippen LogP contribution in [0.25, 0.3) is 0 Å². The average Bonchev–Trinajstić information content (AvgIpc) is 2.29. The van der Waals surface area contributed by atoms with E-state index in [9.17, 15) is 8.42 Å². The summed E-state index contributed by atoms with van der Waals surface area (Å²) in [6, 6.07) is 5.80. The molecule has 5 N–H and O–H groups in total. The molecule has 0 amide bonds. The Morgan fingerprint density at radius 3 is 2.33 bits per heavy atom. The maximum Gasteiger partial charge on any atom is 0.263 e. The minimum absolute atomic E-state index is 0.0619. The van der Waals surface area contributed by atoms with E-state index in [2.05, 4.69) is 14.7 Å².